The third-order valence-corrected chi connectivity index (χ3v) is 7.08. The molecule has 0 bridgehead atoms. The van der Waals surface area contributed by atoms with Gasteiger partial charge in [0.25, 0.3) is 0 Å². The largest absolute Gasteiger partial charge is 0.481 e. The topological polar surface area (TPSA) is 83.8 Å². The Labute approximate surface area is 148 Å². The van der Waals surface area contributed by atoms with E-state index in [1.165, 1.54) is 11.6 Å². The van der Waals surface area contributed by atoms with E-state index in [1.54, 1.807) is 0 Å². The van der Waals surface area contributed by atoms with E-state index in [2.05, 4.69) is 13.5 Å². The van der Waals surface area contributed by atoms with E-state index in [9.17, 15) is 19.8 Å². The van der Waals surface area contributed by atoms with Crippen molar-refractivity contribution in [2.45, 2.75) is 65.1 Å². The summed E-state index contributed by atoms with van der Waals surface area (Å²) in [5, 5.41) is 19.6. The van der Waals surface area contributed by atoms with Crippen LogP contribution in [0.1, 0.15) is 58.8 Å². The highest BCUT2D eigenvalue weighted by atomic mass is 16.6. The van der Waals surface area contributed by atoms with E-state index < -0.39 is 23.6 Å². The van der Waals surface area contributed by atoms with E-state index in [0.29, 0.717) is 12.0 Å². The molecule has 5 atom stereocenters. The fraction of sp³-hybridized carbons (Fsp3) is 0.700. The van der Waals surface area contributed by atoms with Crippen LogP contribution in [0, 0.1) is 22.7 Å². The normalized spacial score (nSPS) is 41.1. The molecule has 3 rings (SSSR count). The Morgan fingerprint density at radius 3 is 2.72 bits per heavy atom. The predicted octanol–water partition coefficient (Wildman–Crippen LogP) is 3.43. The number of carboxylic acids is 1. The molecule has 2 saturated carbocycles. The number of carboxylic acid groups (broad SMARTS) is 1. The number of carbonyl (C=O) groups is 2. The van der Waals surface area contributed by atoms with Crippen LogP contribution >= 0.6 is 0 Å². The molecule has 1 heterocycles. The Morgan fingerprint density at radius 1 is 1.40 bits per heavy atom. The number of aliphatic hydroxyl groups is 1. The van der Waals surface area contributed by atoms with Gasteiger partial charge >= 0.3 is 11.9 Å². The van der Waals surface area contributed by atoms with Gasteiger partial charge in [-0.15, -0.1) is 0 Å². The molecule has 0 aromatic carbocycles. The summed E-state index contributed by atoms with van der Waals surface area (Å²) in [7, 11) is 0. The Hall–Kier alpha value is -1.62. The average molecular weight is 348 g/mol. The monoisotopic (exact) mass is 348 g/mol. The second-order valence-electron chi connectivity index (χ2n) is 8.43. The van der Waals surface area contributed by atoms with E-state index >= 15 is 0 Å². The molecule has 0 aromatic heterocycles. The molecule has 2 fully saturated rings. The van der Waals surface area contributed by atoms with Crippen molar-refractivity contribution in [3.63, 3.8) is 0 Å². The number of hydrogen-bond acceptors (Lipinski definition) is 4. The molecule has 2 aliphatic carbocycles. The highest BCUT2D eigenvalue weighted by Crippen LogP contribution is 2.62. The first kappa shape index (κ1) is 18.2. The van der Waals surface area contributed by atoms with Crippen molar-refractivity contribution in [1.29, 1.82) is 0 Å². The van der Waals surface area contributed by atoms with Gasteiger partial charge in [0.2, 0.25) is 6.29 Å². The fourth-order valence-corrected chi connectivity index (χ4v) is 5.69. The SMILES string of the molecule is C=C1CC[C@@H]2[C@](C)(CCC[C@@]2(C)C(=O)O)[C@H]1CCC1=CC(=O)O[C@@H]1O. The molecule has 25 heavy (non-hydrogen) atoms. The maximum Gasteiger partial charge on any atom is 0.333 e. The molecule has 138 valence electrons. The molecular formula is C20H28O5. The van der Waals surface area contributed by atoms with Crippen molar-refractivity contribution in [3.8, 4) is 0 Å². The van der Waals surface area contributed by atoms with Gasteiger partial charge in [-0.1, -0.05) is 25.5 Å². The predicted molar refractivity (Wildman–Crippen MR) is 92.5 cm³/mol. The van der Waals surface area contributed by atoms with Crippen LogP contribution in [0.15, 0.2) is 23.8 Å². The summed E-state index contributed by atoms with van der Waals surface area (Å²) in [6.07, 6.45) is 5.94. The summed E-state index contributed by atoms with van der Waals surface area (Å²) < 4.78 is 4.76. The highest BCUT2D eigenvalue weighted by molar-refractivity contribution is 5.85. The van der Waals surface area contributed by atoms with Crippen LogP contribution in [-0.4, -0.2) is 28.4 Å². The smallest absolute Gasteiger partial charge is 0.333 e. The first-order valence-corrected chi connectivity index (χ1v) is 9.18. The molecule has 0 aromatic rings. The van der Waals surface area contributed by atoms with Crippen LogP contribution in [0.5, 0.6) is 0 Å². The van der Waals surface area contributed by atoms with Gasteiger partial charge in [0, 0.05) is 11.6 Å². The minimum atomic E-state index is -1.14. The standard InChI is InChI=1S/C20H28O5/c1-12-5-8-15-19(2,9-4-10-20(15,3)18(23)24)14(12)7-6-13-11-16(21)25-17(13)22/h11,14-15,17,22H,1,4-10H2,2-3H3,(H,23,24)/t14-,15+,17-,19+,20+/m0/s1. The van der Waals surface area contributed by atoms with Crippen molar-refractivity contribution < 1.29 is 24.5 Å². The van der Waals surface area contributed by atoms with Gasteiger partial charge in [-0.2, -0.15) is 0 Å². The molecule has 2 N–H and O–H groups in total. The number of ether oxygens (including phenoxy) is 1. The maximum atomic E-state index is 12.0. The van der Waals surface area contributed by atoms with Gasteiger partial charge in [0.05, 0.1) is 5.41 Å². The number of carbonyl (C=O) groups excluding carboxylic acids is 1. The number of cyclic esters (lactones) is 1. The van der Waals surface area contributed by atoms with Crippen LogP contribution in [0.4, 0.5) is 0 Å². The van der Waals surface area contributed by atoms with Crippen LogP contribution < -0.4 is 0 Å². The fourth-order valence-electron chi connectivity index (χ4n) is 5.69. The Balaban J connectivity index is 1.83. The Bertz CT molecular complexity index is 636. The van der Waals surface area contributed by atoms with Crippen molar-refractivity contribution >= 4 is 11.9 Å². The Morgan fingerprint density at radius 2 is 2.12 bits per heavy atom. The Kier molecular flexibility index (Phi) is 4.56. The molecule has 5 heteroatoms. The summed E-state index contributed by atoms with van der Waals surface area (Å²) >= 11 is 0. The average Bonchev–Trinajstić information content (AvgIpc) is 2.84. The van der Waals surface area contributed by atoms with Gasteiger partial charge in [-0.25, -0.2) is 4.79 Å². The number of fused-ring (bicyclic) bond motifs is 1. The van der Waals surface area contributed by atoms with Gasteiger partial charge in [-0.05, 0) is 62.7 Å². The number of allylic oxidation sites excluding steroid dienone is 1. The zero-order valence-electron chi connectivity index (χ0n) is 15.1. The zero-order chi connectivity index (χ0) is 18.4. The number of esters is 1. The lowest BCUT2D eigenvalue weighted by Crippen LogP contribution is -2.53. The van der Waals surface area contributed by atoms with E-state index in [1.807, 2.05) is 6.92 Å². The number of aliphatic hydroxyl groups excluding tert-OH is 1. The van der Waals surface area contributed by atoms with Crippen molar-refractivity contribution in [1.82, 2.24) is 0 Å². The van der Waals surface area contributed by atoms with E-state index in [4.69, 9.17) is 4.74 Å². The summed E-state index contributed by atoms with van der Waals surface area (Å²) in [4.78, 5) is 23.3. The van der Waals surface area contributed by atoms with Crippen LogP contribution in [0.2, 0.25) is 0 Å². The molecule has 1 aliphatic heterocycles. The number of hydrogen-bond donors (Lipinski definition) is 2. The van der Waals surface area contributed by atoms with E-state index in [-0.39, 0.29) is 17.3 Å². The molecule has 5 nitrogen and oxygen atoms in total. The van der Waals surface area contributed by atoms with Crippen LogP contribution in [0.3, 0.4) is 0 Å². The zero-order valence-corrected chi connectivity index (χ0v) is 15.1. The van der Waals surface area contributed by atoms with Crippen LogP contribution in [0.25, 0.3) is 0 Å². The third-order valence-electron chi connectivity index (χ3n) is 7.08. The molecule has 0 amide bonds. The quantitative estimate of drug-likeness (QED) is 0.601. The molecule has 0 radical (unpaired) electrons. The van der Waals surface area contributed by atoms with Gasteiger partial charge < -0.3 is 14.9 Å². The molecular weight excluding hydrogens is 320 g/mol. The summed E-state index contributed by atoms with van der Waals surface area (Å²) in [5.74, 6) is -0.857. The summed E-state index contributed by atoms with van der Waals surface area (Å²) in [5.41, 5.74) is 1.00. The molecule has 0 spiro atoms. The molecule has 0 unspecified atom stereocenters. The second-order valence-corrected chi connectivity index (χ2v) is 8.43. The highest BCUT2D eigenvalue weighted by Gasteiger charge is 2.57. The first-order chi connectivity index (χ1) is 11.7. The number of aliphatic carboxylic acids is 1. The minimum absolute atomic E-state index is 0.101. The number of rotatable bonds is 4. The second kappa shape index (κ2) is 6.27. The van der Waals surface area contributed by atoms with Gasteiger partial charge in [-0.3, -0.25) is 4.79 Å². The van der Waals surface area contributed by atoms with Gasteiger partial charge in [0.1, 0.15) is 0 Å². The third kappa shape index (κ3) is 2.92. The van der Waals surface area contributed by atoms with Crippen molar-refractivity contribution in [3.05, 3.63) is 23.8 Å². The van der Waals surface area contributed by atoms with Crippen molar-refractivity contribution in [2.24, 2.45) is 22.7 Å². The molecule has 0 saturated heterocycles. The minimum Gasteiger partial charge on any atom is -0.481 e. The molecule has 3 aliphatic rings. The van der Waals surface area contributed by atoms with E-state index in [0.717, 1.165) is 38.5 Å². The lowest BCUT2D eigenvalue weighted by molar-refractivity contribution is -0.164. The lowest BCUT2D eigenvalue weighted by Gasteiger charge is -2.57. The van der Waals surface area contributed by atoms with Crippen LogP contribution in [-0.2, 0) is 14.3 Å². The first-order valence-electron chi connectivity index (χ1n) is 9.18. The summed E-state index contributed by atoms with van der Waals surface area (Å²) in [6, 6.07) is 0. The van der Waals surface area contributed by atoms with Gasteiger partial charge in [0.15, 0.2) is 0 Å². The van der Waals surface area contributed by atoms with Crippen molar-refractivity contribution in [2.75, 3.05) is 0 Å². The summed E-state index contributed by atoms with van der Waals surface area (Å²) in [6.45, 7) is 8.39. The maximum absolute atomic E-state index is 12.0. The lowest BCUT2D eigenvalue weighted by atomic mass is 9.46.